The first-order chi connectivity index (χ1) is 6.65. The summed E-state index contributed by atoms with van der Waals surface area (Å²) in [6.45, 7) is 4.69. The molecule has 0 bridgehead atoms. The van der Waals surface area contributed by atoms with Crippen molar-refractivity contribution in [1.82, 2.24) is 0 Å². The van der Waals surface area contributed by atoms with Crippen molar-refractivity contribution in [2.75, 3.05) is 13.2 Å². The summed E-state index contributed by atoms with van der Waals surface area (Å²) in [6.07, 6.45) is 0. The highest BCUT2D eigenvalue weighted by atomic mass is 19.1. The van der Waals surface area contributed by atoms with E-state index in [4.69, 9.17) is 10.5 Å². The van der Waals surface area contributed by atoms with E-state index in [-0.39, 0.29) is 11.9 Å². The van der Waals surface area contributed by atoms with Crippen molar-refractivity contribution in [3.8, 4) is 0 Å². The molecule has 1 unspecified atom stereocenters. The molecule has 2 nitrogen and oxygen atoms in total. The molecule has 0 aliphatic heterocycles. The van der Waals surface area contributed by atoms with E-state index in [0.29, 0.717) is 18.8 Å². The van der Waals surface area contributed by atoms with Gasteiger partial charge < -0.3 is 10.5 Å². The van der Waals surface area contributed by atoms with Crippen molar-refractivity contribution in [3.63, 3.8) is 0 Å². The number of hydrogen-bond acceptors (Lipinski definition) is 2. The third-order valence-corrected chi connectivity index (χ3v) is 2.06. The largest absolute Gasteiger partial charge is 0.380 e. The topological polar surface area (TPSA) is 35.2 Å². The number of rotatable bonds is 4. The maximum Gasteiger partial charge on any atom is 0.128 e. The molecular formula is C11H16FNO. The second-order valence-corrected chi connectivity index (χ2v) is 3.29. The average molecular weight is 197 g/mol. The number of ether oxygens (including phenoxy) is 1. The zero-order valence-electron chi connectivity index (χ0n) is 8.59. The lowest BCUT2D eigenvalue weighted by molar-refractivity contribution is 0.132. The fourth-order valence-electron chi connectivity index (χ4n) is 1.27. The van der Waals surface area contributed by atoms with Crippen molar-refractivity contribution >= 4 is 0 Å². The van der Waals surface area contributed by atoms with Crippen LogP contribution in [0.2, 0.25) is 0 Å². The van der Waals surface area contributed by atoms with E-state index in [9.17, 15) is 4.39 Å². The van der Waals surface area contributed by atoms with E-state index < -0.39 is 0 Å². The van der Waals surface area contributed by atoms with Gasteiger partial charge in [-0.15, -0.1) is 0 Å². The molecule has 0 heterocycles. The Morgan fingerprint density at radius 1 is 1.50 bits per heavy atom. The monoisotopic (exact) mass is 197 g/mol. The molecule has 0 spiro atoms. The summed E-state index contributed by atoms with van der Waals surface area (Å²) in [5.74, 6) is -0.253. The van der Waals surface area contributed by atoms with Crippen LogP contribution in [0.3, 0.4) is 0 Å². The van der Waals surface area contributed by atoms with Crippen molar-refractivity contribution < 1.29 is 9.13 Å². The summed E-state index contributed by atoms with van der Waals surface area (Å²) < 4.78 is 18.5. The molecule has 0 aliphatic carbocycles. The molecule has 14 heavy (non-hydrogen) atoms. The minimum absolute atomic E-state index is 0.253. The molecule has 0 saturated heterocycles. The Kier molecular flexibility index (Phi) is 4.04. The molecule has 1 aromatic rings. The Morgan fingerprint density at radius 2 is 2.21 bits per heavy atom. The first-order valence-electron chi connectivity index (χ1n) is 4.74. The third kappa shape index (κ3) is 2.79. The van der Waals surface area contributed by atoms with Gasteiger partial charge in [-0.05, 0) is 25.5 Å². The molecule has 78 valence electrons. The van der Waals surface area contributed by atoms with Gasteiger partial charge in [0.2, 0.25) is 0 Å². The van der Waals surface area contributed by atoms with Gasteiger partial charge in [-0.25, -0.2) is 4.39 Å². The fourth-order valence-corrected chi connectivity index (χ4v) is 1.27. The maximum absolute atomic E-state index is 13.4. The van der Waals surface area contributed by atoms with Crippen LogP contribution >= 0.6 is 0 Å². The highest BCUT2D eigenvalue weighted by Gasteiger charge is 2.10. The number of aryl methyl sites for hydroxylation is 1. The molecule has 0 aliphatic rings. The zero-order chi connectivity index (χ0) is 10.6. The van der Waals surface area contributed by atoms with Crippen LogP contribution in [0.4, 0.5) is 4.39 Å². The summed E-state index contributed by atoms with van der Waals surface area (Å²) in [5.41, 5.74) is 7.18. The lowest BCUT2D eigenvalue weighted by Gasteiger charge is -2.12. The Balaban J connectivity index is 2.74. The second-order valence-electron chi connectivity index (χ2n) is 3.29. The van der Waals surface area contributed by atoms with Crippen LogP contribution in [0, 0.1) is 12.7 Å². The SMILES string of the molecule is CCOCC(N)c1ccc(C)cc1F. The molecule has 0 saturated carbocycles. The van der Waals surface area contributed by atoms with Gasteiger partial charge in [0.1, 0.15) is 5.82 Å². The standard InChI is InChI=1S/C11H16FNO/c1-3-14-7-11(13)9-5-4-8(2)6-10(9)12/h4-6,11H,3,7,13H2,1-2H3. The molecule has 0 radical (unpaired) electrons. The molecule has 3 heteroatoms. The first-order valence-corrected chi connectivity index (χ1v) is 4.74. The third-order valence-electron chi connectivity index (χ3n) is 2.06. The highest BCUT2D eigenvalue weighted by molar-refractivity contribution is 5.25. The van der Waals surface area contributed by atoms with Crippen LogP contribution in [0.5, 0.6) is 0 Å². The van der Waals surface area contributed by atoms with E-state index in [1.807, 2.05) is 19.9 Å². The van der Waals surface area contributed by atoms with Gasteiger partial charge >= 0.3 is 0 Å². The van der Waals surface area contributed by atoms with Crippen LogP contribution in [-0.4, -0.2) is 13.2 Å². The van der Waals surface area contributed by atoms with Gasteiger partial charge in [0.15, 0.2) is 0 Å². The molecule has 1 aromatic carbocycles. The van der Waals surface area contributed by atoms with E-state index in [0.717, 1.165) is 5.56 Å². The van der Waals surface area contributed by atoms with Crippen molar-refractivity contribution in [2.24, 2.45) is 5.73 Å². The minimum atomic E-state index is -0.379. The van der Waals surface area contributed by atoms with Gasteiger partial charge in [-0.2, -0.15) is 0 Å². The number of benzene rings is 1. The molecule has 2 N–H and O–H groups in total. The minimum Gasteiger partial charge on any atom is -0.380 e. The quantitative estimate of drug-likeness (QED) is 0.802. The van der Waals surface area contributed by atoms with Crippen LogP contribution < -0.4 is 5.73 Å². The fraction of sp³-hybridized carbons (Fsp3) is 0.455. The lowest BCUT2D eigenvalue weighted by atomic mass is 10.1. The molecule has 1 atom stereocenters. The Morgan fingerprint density at radius 3 is 2.79 bits per heavy atom. The van der Waals surface area contributed by atoms with Gasteiger partial charge in [0.05, 0.1) is 12.6 Å². The molecule has 0 amide bonds. The van der Waals surface area contributed by atoms with Crippen molar-refractivity contribution in [1.29, 1.82) is 0 Å². The van der Waals surface area contributed by atoms with E-state index in [1.165, 1.54) is 6.07 Å². The zero-order valence-corrected chi connectivity index (χ0v) is 8.59. The van der Waals surface area contributed by atoms with Crippen molar-refractivity contribution in [3.05, 3.63) is 35.1 Å². The molecule has 0 fully saturated rings. The number of nitrogens with two attached hydrogens (primary N) is 1. The summed E-state index contributed by atoms with van der Waals surface area (Å²) >= 11 is 0. The summed E-state index contributed by atoms with van der Waals surface area (Å²) in [7, 11) is 0. The predicted octanol–water partition coefficient (Wildman–Crippen LogP) is 2.17. The van der Waals surface area contributed by atoms with Gasteiger partial charge in [0.25, 0.3) is 0 Å². The smallest absolute Gasteiger partial charge is 0.128 e. The van der Waals surface area contributed by atoms with Crippen molar-refractivity contribution in [2.45, 2.75) is 19.9 Å². The average Bonchev–Trinajstić information content (AvgIpc) is 2.14. The Hall–Kier alpha value is -0.930. The summed E-state index contributed by atoms with van der Waals surface area (Å²) in [5, 5.41) is 0. The normalized spacial score (nSPS) is 12.9. The number of halogens is 1. The van der Waals surface area contributed by atoms with E-state index >= 15 is 0 Å². The Bertz CT molecular complexity index is 301. The van der Waals surface area contributed by atoms with Crippen LogP contribution in [-0.2, 0) is 4.74 Å². The van der Waals surface area contributed by atoms with Gasteiger partial charge in [-0.3, -0.25) is 0 Å². The number of hydrogen-bond donors (Lipinski definition) is 1. The summed E-state index contributed by atoms with van der Waals surface area (Å²) in [6, 6.07) is 4.68. The molecule has 1 rings (SSSR count). The maximum atomic E-state index is 13.4. The lowest BCUT2D eigenvalue weighted by Crippen LogP contribution is -2.18. The van der Waals surface area contributed by atoms with Crippen LogP contribution in [0.25, 0.3) is 0 Å². The van der Waals surface area contributed by atoms with Gasteiger partial charge in [0, 0.05) is 12.2 Å². The molecule has 0 aromatic heterocycles. The van der Waals surface area contributed by atoms with E-state index in [2.05, 4.69) is 0 Å². The van der Waals surface area contributed by atoms with Gasteiger partial charge in [-0.1, -0.05) is 12.1 Å². The van der Waals surface area contributed by atoms with E-state index in [1.54, 1.807) is 6.07 Å². The summed E-state index contributed by atoms with van der Waals surface area (Å²) in [4.78, 5) is 0. The van der Waals surface area contributed by atoms with Crippen LogP contribution in [0.15, 0.2) is 18.2 Å². The molecular weight excluding hydrogens is 181 g/mol. The second kappa shape index (κ2) is 5.08. The van der Waals surface area contributed by atoms with Crippen LogP contribution in [0.1, 0.15) is 24.1 Å². The Labute approximate surface area is 83.9 Å². The predicted molar refractivity (Wildman–Crippen MR) is 54.6 cm³/mol. The highest BCUT2D eigenvalue weighted by Crippen LogP contribution is 2.16. The first kappa shape index (κ1) is 11.1.